The van der Waals surface area contributed by atoms with Gasteiger partial charge in [-0.25, -0.2) is 4.79 Å². The number of imide groups is 1. The van der Waals surface area contributed by atoms with Crippen LogP contribution in [0.25, 0.3) is 0 Å². The fourth-order valence-electron chi connectivity index (χ4n) is 2.93. The van der Waals surface area contributed by atoms with Crippen LogP contribution in [0.15, 0.2) is 24.3 Å². The molecule has 2 aliphatic rings. The van der Waals surface area contributed by atoms with E-state index in [2.05, 4.69) is 0 Å². The molecule has 2 heterocycles. The van der Waals surface area contributed by atoms with E-state index in [0.29, 0.717) is 24.2 Å². The minimum absolute atomic E-state index is 0.0526. The monoisotopic (exact) mass is 346 g/mol. The molecule has 3 rings (SSSR count). The highest BCUT2D eigenvalue weighted by Gasteiger charge is 2.38. The van der Waals surface area contributed by atoms with Crippen LogP contribution in [0, 0.1) is 5.92 Å². The van der Waals surface area contributed by atoms with E-state index in [1.54, 1.807) is 29.2 Å². The van der Waals surface area contributed by atoms with Crippen LogP contribution in [0.5, 0.6) is 0 Å². The summed E-state index contributed by atoms with van der Waals surface area (Å²) in [7, 11) is 0. The number of hydrogen-bond acceptors (Lipinski definition) is 5. The van der Waals surface area contributed by atoms with Gasteiger partial charge < -0.3 is 9.64 Å². The second-order valence-electron chi connectivity index (χ2n) is 7.33. The van der Waals surface area contributed by atoms with Crippen molar-refractivity contribution in [1.82, 2.24) is 9.96 Å². The lowest BCUT2D eigenvalue weighted by atomic mass is 10.1. The number of benzene rings is 1. The molecule has 0 unspecified atom stereocenters. The summed E-state index contributed by atoms with van der Waals surface area (Å²) in [5.41, 5.74) is 0.176. The van der Waals surface area contributed by atoms with Crippen LogP contribution >= 0.6 is 0 Å². The van der Waals surface area contributed by atoms with Crippen molar-refractivity contribution in [3.8, 4) is 0 Å². The van der Waals surface area contributed by atoms with Crippen LogP contribution in [0.3, 0.4) is 0 Å². The molecule has 0 bridgehead atoms. The van der Waals surface area contributed by atoms with Gasteiger partial charge in [0.15, 0.2) is 0 Å². The zero-order chi connectivity index (χ0) is 18.2. The van der Waals surface area contributed by atoms with Crippen LogP contribution in [-0.4, -0.2) is 53.2 Å². The molecular formula is C18H22N2O5. The van der Waals surface area contributed by atoms with Crippen molar-refractivity contribution in [1.29, 1.82) is 0 Å². The molecule has 0 N–H and O–H groups in total. The zero-order valence-electron chi connectivity index (χ0n) is 14.7. The average molecular weight is 346 g/mol. The lowest BCUT2D eigenvalue weighted by Gasteiger charge is -2.24. The number of ether oxygens (including phenoxy) is 1. The van der Waals surface area contributed by atoms with Gasteiger partial charge in [0.25, 0.3) is 11.8 Å². The molecular weight excluding hydrogens is 324 g/mol. The molecule has 0 aromatic heterocycles. The van der Waals surface area contributed by atoms with Gasteiger partial charge in [0.2, 0.25) is 0 Å². The Hall–Kier alpha value is -2.41. The van der Waals surface area contributed by atoms with Gasteiger partial charge in [0.1, 0.15) is 5.60 Å². The number of carbonyl (C=O) groups excluding carboxylic acids is 3. The normalized spacial score (nSPS) is 20.2. The molecule has 134 valence electrons. The lowest BCUT2D eigenvalue weighted by Crippen LogP contribution is -2.36. The van der Waals surface area contributed by atoms with E-state index in [4.69, 9.17) is 9.57 Å². The quantitative estimate of drug-likeness (QED) is 0.786. The largest absolute Gasteiger partial charge is 0.444 e. The van der Waals surface area contributed by atoms with Gasteiger partial charge in [0.05, 0.1) is 17.7 Å². The number of nitrogens with zero attached hydrogens (tertiary/aromatic N) is 2. The van der Waals surface area contributed by atoms with E-state index in [1.165, 1.54) is 0 Å². The lowest BCUT2D eigenvalue weighted by molar-refractivity contribution is -0.102. The van der Waals surface area contributed by atoms with Crippen molar-refractivity contribution in [2.24, 2.45) is 5.92 Å². The molecule has 1 aromatic rings. The van der Waals surface area contributed by atoms with Crippen molar-refractivity contribution in [3.63, 3.8) is 0 Å². The number of carbonyl (C=O) groups is 3. The molecule has 7 nitrogen and oxygen atoms in total. The van der Waals surface area contributed by atoms with Crippen LogP contribution in [0.4, 0.5) is 4.79 Å². The first-order valence-electron chi connectivity index (χ1n) is 8.35. The predicted molar refractivity (Wildman–Crippen MR) is 88.8 cm³/mol. The first-order chi connectivity index (χ1) is 11.8. The molecule has 0 aliphatic carbocycles. The molecule has 0 saturated carbocycles. The van der Waals surface area contributed by atoms with E-state index in [0.717, 1.165) is 11.5 Å². The van der Waals surface area contributed by atoms with Crippen molar-refractivity contribution in [2.75, 3.05) is 19.7 Å². The van der Waals surface area contributed by atoms with Crippen molar-refractivity contribution < 1.29 is 24.0 Å². The first-order valence-corrected chi connectivity index (χ1v) is 8.35. The van der Waals surface area contributed by atoms with Gasteiger partial charge in [0, 0.05) is 19.0 Å². The Balaban J connectivity index is 1.53. The molecule has 1 aromatic carbocycles. The smallest absolute Gasteiger partial charge is 0.410 e. The Morgan fingerprint density at radius 2 is 1.76 bits per heavy atom. The molecule has 0 spiro atoms. The number of fused-ring (bicyclic) bond motifs is 1. The molecule has 1 atom stereocenters. The van der Waals surface area contributed by atoms with E-state index in [9.17, 15) is 14.4 Å². The van der Waals surface area contributed by atoms with Gasteiger partial charge in [-0.3, -0.25) is 14.4 Å². The topological polar surface area (TPSA) is 76.2 Å². The Kier molecular flexibility index (Phi) is 4.51. The van der Waals surface area contributed by atoms with E-state index < -0.39 is 17.4 Å². The maximum Gasteiger partial charge on any atom is 0.410 e. The highest BCUT2D eigenvalue weighted by atomic mass is 16.7. The highest BCUT2D eigenvalue weighted by Crippen LogP contribution is 2.25. The number of amides is 3. The Bertz CT molecular complexity index is 675. The fourth-order valence-corrected chi connectivity index (χ4v) is 2.93. The molecule has 25 heavy (non-hydrogen) atoms. The first kappa shape index (κ1) is 17.4. The number of likely N-dealkylation sites (tertiary alicyclic amines) is 1. The van der Waals surface area contributed by atoms with E-state index >= 15 is 0 Å². The van der Waals surface area contributed by atoms with Gasteiger partial charge in [-0.1, -0.05) is 12.1 Å². The summed E-state index contributed by atoms with van der Waals surface area (Å²) in [6.07, 6.45) is 0.387. The summed E-state index contributed by atoms with van der Waals surface area (Å²) < 4.78 is 5.35. The third-order valence-electron chi connectivity index (χ3n) is 4.13. The average Bonchev–Trinajstić information content (AvgIpc) is 3.10. The standard InChI is InChI=1S/C18H22N2O5/c1-18(2,3)25-17(23)19-9-8-12(10-19)11-24-20-15(21)13-6-4-5-7-14(13)16(20)22/h4-7,12H,8-11H2,1-3H3/t12-/m0/s1. The predicted octanol–water partition coefficient (Wildman–Crippen LogP) is 2.47. The Morgan fingerprint density at radius 1 is 1.16 bits per heavy atom. The van der Waals surface area contributed by atoms with Crippen molar-refractivity contribution in [2.45, 2.75) is 32.8 Å². The minimum atomic E-state index is -0.536. The van der Waals surface area contributed by atoms with Crippen LogP contribution in [0.2, 0.25) is 0 Å². The second kappa shape index (κ2) is 6.48. The summed E-state index contributed by atoms with van der Waals surface area (Å²) in [5.74, 6) is -0.831. The fraction of sp³-hybridized carbons (Fsp3) is 0.500. The van der Waals surface area contributed by atoms with Crippen LogP contribution in [-0.2, 0) is 9.57 Å². The summed E-state index contributed by atoms with van der Waals surface area (Å²) in [6, 6.07) is 6.64. The molecule has 7 heteroatoms. The third kappa shape index (κ3) is 3.66. The summed E-state index contributed by atoms with van der Waals surface area (Å²) >= 11 is 0. The summed E-state index contributed by atoms with van der Waals surface area (Å²) in [6.45, 7) is 6.73. The minimum Gasteiger partial charge on any atom is -0.444 e. The van der Waals surface area contributed by atoms with E-state index in [1.807, 2.05) is 20.8 Å². The van der Waals surface area contributed by atoms with Gasteiger partial charge in [-0.2, -0.15) is 0 Å². The molecule has 2 aliphatic heterocycles. The van der Waals surface area contributed by atoms with E-state index in [-0.39, 0.29) is 18.6 Å². The second-order valence-corrected chi connectivity index (χ2v) is 7.33. The van der Waals surface area contributed by atoms with Crippen LogP contribution < -0.4 is 0 Å². The summed E-state index contributed by atoms with van der Waals surface area (Å²) in [4.78, 5) is 43.6. The third-order valence-corrected chi connectivity index (χ3v) is 4.13. The Labute approximate surface area is 146 Å². The molecule has 0 radical (unpaired) electrons. The Morgan fingerprint density at radius 3 is 2.32 bits per heavy atom. The number of rotatable bonds is 3. The number of hydroxylamine groups is 2. The maximum atomic E-state index is 12.2. The van der Waals surface area contributed by atoms with Crippen molar-refractivity contribution in [3.05, 3.63) is 35.4 Å². The van der Waals surface area contributed by atoms with Gasteiger partial charge in [-0.05, 0) is 39.3 Å². The molecule has 1 fully saturated rings. The van der Waals surface area contributed by atoms with Gasteiger partial charge in [-0.15, -0.1) is 5.06 Å². The number of hydrogen-bond donors (Lipinski definition) is 0. The summed E-state index contributed by atoms with van der Waals surface area (Å²) in [5, 5.41) is 0.820. The van der Waals surface area contributed by atoms with Crippen molar-refractivity contribution >= 4 is 17.9 Å². The van der Waals surface area contributed by atoms with Gasteiger partial charge >= 0.3 is 6.09 Å². The maximum absolute atomic E-state index is 12.2. The highest BCUT2D eigenvalue weighted by molar-refractivity contribution is 6.20. The zero-order valence-corrected chi connectivity index (χ0v) is 14.7. The molecule has 1 saturated heterocycles. The molecule has 3 amide bonds. The SMILES string of the molecule is CC(C)(C)OC(=O)N1CC[C@H](CON2C(=O)c3ccccc3C2=O)C1. The van der Waals surface area contributed by atoms with Crippen LogP contribution in [0.1, 0.15) is 47.9 Å².